The third kappa shape index (κ3) is 3.68. The molecular weight excluding hydrogens is 278 g/mol. The van der Waals surface area contributed by atoms with Gasteiger partial charge in [0.05, 0.1) is 31.9 Å². The summed E-state index contributed by atoms with van der Waals surface area (Å²) >= 11 is 0. The van der Waals surface area contributed by atoms with Crippen LogP contribution in [0.25, 0.3) is 0 Å². The zero-order chi connectivity index (χ0) is 15.9. The average molecular weight is 297 g/mol. The van der Waals surface area contributed by atoms with Gasteiger partial charge in [0, 0.05) is 23.9 Å². The van der Waals surface area contributed by atoms with Gasteiger partial charge in [-0.25, -0.2) is 0 Å². The van der Waals surface area contributed by atoms with Gasteiger partial charge >= 0.3 is 0 Å². The molecule has 0 spiro atoms. The highest BCUT2D eigenvalue weighted by Crippen LogP contribution is 2.24. The van der Waals surface area contributed by atoms with Gasteiger partial charge in [0.15, 0.2) is 0 Å². The third-order valence-electron chi connectivity index (χ3n) is 3.39. The summed E-state index contributed by atoms with van der Waals surface area (Å²) in [5.74, 6) is 1.49. The van der Waals surface area contributed by atoms with E-state index in [1.807, 2.05) is 24.3 Å². The first-order chi connectivity index (χ1) is 10.7. The van der Waals surface area contributed by atoms with Gasteiger partial charge in [0.25, 0.3) is 0 Å². The summed E-state index contributed by atoms with van der Waals surface area (Å²) in [6.45, 7) is 0.566. The SMILES string of the molecule is COc1ccc(CNC2=CC=C(C#N)C=CC2N)c(OC)c1. The second kappa shape index (κ2) is 7.34. The summed E-state index contributed by atoms with van der Waals surface area (Å²) in [4.78, 5) is 0. The van der Waals surface area contributed by atoms with Crippen LogP contribution in [0.2, 0.25) is 0 Å². The number of nitriles is 1. The van der Waals surface area contributed by atoms with Crippen molar-refractivity contribution in [3.05, 3.63) is 59.3 Å². The van der Waals surface area contributed by atoms with Crippen molar-refractivity contribution in [3.8, 4) is 17.6 Å². The number of hydrogen-bond donors (Lipinski definition) is 2. The Morgan fingerprint density at radius 3 is 2.77 bits per heavy atom. The Hall–Kier alpha value is -2.71. The van der Waals surface area contributed by atoms with Gasteiger partial charge in [0.2, 0.25) is 0 Å². The van der Waals surface area contributed by atoms with Gasteiger partial charge in [-0.15, -0.1) is 0 Å². The van der Waals surface area contributed by atoms with Crippen LogP contribution in [-0.2, 0) is 6.54 Å². The predicted octanol–water partition coefficient (Wildman–Crippen LogP) is 2.02. The fraction of sp³-hybridized carbons (Fsp3) is 0.235. The zero-order valence-electron chi connectivity index (χ0n) is 12.7. The molecule has 0 amide bonds. The number of nitrogens with one attached hydrogen (secondary N) is 1. The Balaban J connectivity index is 2.13. The number of benzene rings is 1. The van der Waals surface area contributed by atoms with Crippen LogP contribution >= 0.6 is 0 Å². The smallest absolute Gasteiger partial charge is 0.127 e. The molecule has 0 fully saturated rings. The Labute approximate surface area is 130 Å². The molecule has 0 aliphatic heterocycles. The molecule has 5 nitrogen and oxygen atoms in total. The minimum atomic E-state index is -0.272. The first-order valence-electron chi connectivity index (χ1n) is 6.88. The van der Waals surface area contributed by atoms with Crippen LogP contribution in [0.15, 0.2) is 53.8 Å². The molecule has 1 atom stereocenters. The molecule has 2 rings (SSSR count). The summed E-state index contributed by atoms with van der Waals surface area (Å²) in [6, 6.07) is 7.50. The largest absolute Gasteiger partial charge is 0.497 e. The number of nitrogens with two attached hydrogens (primary N) is 1. The van der Waals surface area contributed by atoms with E-state index in [0.29, 0.717) is 12.1 Å². The van der Waals surface area contributed by atoms with E-state index in [1.165, 1.54) is 0 Å². The molecule has 114 valence electrons. The molecule has 0 aromatic heterocycles. The molecule has 22 heavy (non-hydrogen) atoms. The van der Waals surface area contributed by atoms with Crippen molar-refractivity contribution in [1.82, 2.24) is 5.32 Å². The minimum absolute atomic E-state index is 0.272. The van der Waals surface area contributed by atoms with E-state index in [1.54, 1.807) is 32.4 Å². The molecule has 1 aromatic rings. The lowest BCUT2D eigenvalue weighted by Crippen LogP contribution is -2.29. The zero-order valence-corrected chi connectivity index (χ0v) is 12.7. The van der Waals surface area contributed by atoms with Gasteiger partial charge in [-0.1, -0.05) is 6.08 Å². The number of rotatable bonds is 5. The lowest BCUT2D eigenvalue weighted by Gasteiger charge is -2.16. The second-order valence-electron chi connectivity index (χ2n) is 4.77. The van der Waals surface area contributed by atoms with Crippen molar-refractivity contribution in [2.45, 2.75) is 12.6 Å². The molecule has 1 unspecified atom stereocenters. The maximum atomic E-state index is 8.93. The predicted molar refractivity (Wildman–Crippen MR) is 85.3 cm³/mol. The van der Waals surface area contributed by atoms with E-state index in [-0.39, 0.29) is 6.04 Å². The van der Waals surface area contributed by atoms with Gasteiger partial charge in [-0.3, -0.25) is 0 Å². The Morgan fingerprint density at radius 2 is 2.09 bits per heavy atom. The minimum Gasteiger partial charge on any atom is -0.497 e. The Bertz CT molecular complexity index is 669. The van der Waals surface area contributed by atoms with Crippen LogP contribution in [-0.4, -0.2) is 20.3 Å². The van der Waals surface area contributed by atoms with Crippen molar-refractivity contribution >= 4 is 0 Å². The molecule has 1 aliphatic carbocycles. The first kappa shape index (κ1) is 15.7. The van der Waals surface area contributed by atoms with Gasteiger partial charge in [0.1, 0.15) is 11.5 Å². The van der Waals surface area contributed by atoms with Crippen LogP contribution in [0.5, 0.6) is 11.5 Å². The number of methoxy groups -OCH3 is 2. The monoisotopic (exact) mass is 297 g/mol. The maximum Gasteiger partial charge on any atom is 0.127 e. The summed E-state index contributed by atoms with van der Waals surface area (Å²) in [5.41, 5.74) is 8.48. The lowest BCUT2D eigenvalue weighted by atomic mass is 10.1. The van der Waals surface area contributed by atoms with Crippen LogP contribution < -0.4 is 20.5 Å². The van der Waals surface area contributed by atoms with E-state index in [4.69, 9.17) is 20.5 Å². The number of hydrogen-bond acceptors (Lipinski definition) is 5. The van der Waals surface area contributed by atoms with Crippen molar-refractivity contribution in [1.29, 1.82) is 5.26 Å². The molecule has 1 aromatic carbocycles. The highest BCUT2D eigenvalue weighted by Gasteiger charge is 2.10. The van der Waals surface area contributed by atoms with Crippen LogP contribution in [0.1, 0.15) is 5.56 Å². The van der Waals surface area contributed by atoms with Crippen LogP contribution in [0.3, 0.4) is 0 Å². The fourth-order valence-corrected chi connectivity index (χ4v) is 2.10. The molecule has 0 saturated heterocycles. The van der Waals surface area contributed by atoms with E-state index >= 15 is 0 Å². The highest BCUT2D eigenvalue weighted by atomic mass is 16.5. The number of allylic oxidation sites excluding steroid dienone is 4. The number of nitrogens with zero attached hydrogens (tertiary/aromatic N) is 1. The Kier molecular flexibility index (Phi) is 5.23. The summed E-state index contributed by atoms with van der Waals surface area (Å²) < 4.78 is 10.6. The van der Waals surface area contributed by atoms with Crippen molar-refractivity contribution < 1.29 is 9.47 Å². The first-order valence-corrected chi connectivity index (χ1v) is 6.88. The second-order valence-corrected chi connectivity index (χ2v) is 4.77. The summed E-state index contributed by atoms with van der Waals surface area (Å²) in [6.07, 6.45) is 7.10. The molecule has 0 radical (unpaired) electrons. The van der Waals surface area contributed by atoms with Gasteiger partial charge < -0.3 is 20.5 Å². The molecule has 0 bridgehead atoms. The topological polar surface area (TPSA) is 80.3 Å². The third-order valence-corrected chi connectivity index (χ3v) is 3.39. The van der Waals surface area contributed by atoms with Crippen molar-refractivity contribution in [2.24, 2.45) is 5.73 Å². The van der Waals surface area contributed by atoms with Crippen LogP contribution in [0.4, 0.5) is 0 Å². The van der Waals surface area contributed by atoms with Gasteiger partial charge in [-0.05, 0) is 30.4 Å². The normalized spacial score (nSPS) is 16.9. The van der Waals surface area contributed by atoms with E-state index in [9.17, 15) is 0 Å². The van der Waals surface area contributed by atoms with Gasteiger partial charge in [-0.2, -0.15) is 5.26 Å². The van der Waals surface area contributed by atoms with Crippen molar-refractivity contribution in [2.75, 3.05) is 14.2 Å². The Morgan fingerprint density at radius 1 is 1.27 bits per heavy atom. The maximum absolute atomic E-state index is 8.93. The number of ether oxygens (including phenoxy) is 2. The van der Waals surface area contributed by atoms with E-state index in [2.05, 4.69) is 11.4 Å². The molecule has 0 saturated carbocycles. The quantitative estimate of drug-likeness (QED) is 0.869. The molecule has 5 heteroatoms. The summed E-state index contributed by atoms with van der Waals surface area (Å²) in [7, 11) is 3.24. The van der Waals surface area contributed by atoms with E-state index in [0.717, 1.165) is 22.8 Å². The average Bonchev–Trinajstić information content (AvgIpc) is 2.74. The molecular formula is C17H19N3O2. The lowest BCUT2D eigenvalue weighted by molar-refractivity contribution is 0.390. The molecule has 3 N–H and O–H groups in total. The summed E-state index contributed by atoms with van der Waals surface area (Å²) in [5, 5.41) is 12.2. The van der Waals surface area contributed by atoms with E-state index < -0.39 is 0 Å². The standard InChI is InChI=1S/C17H19N3O2/c1-21-14-6-5-13(17(9-14)22-2)11-20-16-8-4-12(10-18)3-7-15(16)19/h3-9,15,20H,11,19H2,1-2H3. The van der Waals surface area contributed by atoms with Crippen molar-refractivity contribution in [3.63, 3.8) is 0 Å². The fourth-order valence-electron chi connectivity index (χ4n) is 2.10. The van der Waals surface area contributed by atoms with Crippen LogP contribution in [0, 0.1) is 11.3 Å². The molecule has 0 heterocycles. The molecule has 1 aliphatic rings. The highest BCUT2D eigenvalue weighted by molar-refractivity contribution is 5.43.